The Morgan fingerprint density at radius 3 is 3.05 bits per heavy atom. The summed E-state index contributed by atoms with van der Waals surface area (Å²) in [5.41, 5.74) is 1.44. The molecule has 0 saturated carbocycles. The van der Waals surface area contributed by atoms with Crippen molar-refractivity contribution in [1.29, 1.82) is 0 Å². The maximum absolute atomic E-state index is 11.1. The first-order valence-electron chi connectivity index (χ1n) is 5.69. The van der Waals surface area contributed by atoms with E-state index in [0.717, 1.165) is 5.69 Å². The number of carbonyl (C=O) groups is 1. The van der Waals surface area contributed by atoms with Crippen LogP contribution < -0.4 is 5.32 Å². The third kappa shape index (κ3) is 3.82. The minimum absolute atomic E-state index is 0.132. The van der Waals surface area contributed by atoms with Gasteiger partial charge in [-0.3, -0.25) is 4.79 Å². The van der Waals surface area contributed by atoms with Crippen LogP contribution in [-0.2, 0) is 4.79 Å². The molecule has 8 heteroatoms. The summed E-state index contributed by atoms with van der Waals surface area (Å²) >= 11 is 7.12. The van der Waals surface area contributed by atoms with Crippen LogP contribution in [0, 0.1) is 0 Å². The molecule has 0 radical (unpaired) electrons. The molecule has 2 aromatic rings. The molecule has 0 aliphatic heterocycles. The molecule has 0 spiro atoms. The quantitative estimate of drug-likeness (QED) is 0.859. The summed E-state index contributed by atoms with van der Waals surface area (Å²) in [7, 11) is 0. The predicted octanol–water partition coefficient (Wildman–Crippen LogP) is 2.47. The molecule has 1 aromatic heterocycles. The molecule has 0 bridgehead atoms. The average Bonchev–Trinajstić information content (AvgIpc) is 2.84. The van der Waals surface area contributed by atoms with Gasteiger partial charge in [-0.25, -0.2) is 0 Å². The number of aromatic nitrogens is 4. The van der Waals surface area contributed by atoms with E-state index in [1.807, 2.05) is 12.1 Å². The van der Waals surface area contributed by atoms with E-state index >= 15 is 0 Å². The van der Waals surface area contributed by atoms with Crippen molar-refractivity contribution in [2.24, 2.45) is 0 Å². The van der Waals surface area contributed by atoms with Crippen LogP contribution >= 0.6 is 23.4 Å². The summed E-state index contributed by atoms with van der Waals surface area (Å²) in [5.74, 6) is 0.389. The van der Waals surface area contributed by atoms with Crippen LogP contribution in [0.15, 0.2) is 41.0 Å². The summed E-state index contributed by atoms with van der Waals surface area (Å²) < 4.78 is 1.58. The van der Waals surface area contributed by atoms with Crippen LogP contribution in [0.25, 0.3) is 5.69 Å². The van der Waals surface area contributed by atoms with E-state index in [9.17, 15) is 4.79 Å². The number of nitrogens with zero attached hydrogens (tertiary/aromatic N) is 4. The molecule has 0 fully saturated rings. The van der Waals surface area contributed by atoms with Gasteiger partial charge in [0.1, 0.15) is 0 Å². The lowest BCUT2D eigenvalue weighted by molar-refractivity contribution is -0.114. The van der Waals surface area contributed by atoms with Crippen LogP contribution in [0.3, 0.4) is 0 Å². The average molecular weight is 310 g/mol. The second kappa shape index (κ2) is 6.53. The molecule has 0 aliphatic rings. The van der Waals surface area contributed by atoms with Crippen molar-refractivity contribution in [3.63, 3.8) is 0 Å². The molecule has 20 heavy (non-hydrogen) atoms. The van der Waals surface area contributed by atoms with E-state index in [1.54, 1.807) is 16.8 Å². The Kier molecular flexibility index (Phi) is 4.75. The lowest BCUT2D eigenvalue weighted by Gasteiger charge is -2.06. The van der Waals surface area contributed by atoms with Gasteiger partial charge in [0.2, 0.25) is 11.1 Å². The van der Waals surface area contributed by atoms with Gasteiger partial charge in [-0.05, 0) is 28.6 Å². The number of hydrogen-bond acceptors (Lipinski definition) is 5. The summed E-state index contributed by atoms with van der Waals surface area (Å²) in [6.45, 7) is 5.08. The first-order valence-corrected chi connectivity index (χ1v) is 7.05. The Morgan fingerprint density at radius 1 is 1.55 bits per heavy atom. The number of halogens is 1. The number of anilines is 1. The highest BCUT2D eigenvalue weighted by molar-refractivity contribution is 7.99. The highest BCUT2D eigenvalue weighted by Gasteiger charge is 2.10. The zero-order valence-corrected chi connectivity index (χ0v) is 12.3. The Balaban J connectivity index is 2.25. The SMILES string of the molecule is C=C(Cl)CSc1nnnn1-c1cccc(NC(C)=O)c1. The maximum Gasteiger partial charge on any atom is 0.221 e. The topological polar surface area (TPSA) is 72.7 Å². The summed E-state index contributed by atoms with van der Waals surface area (Å²) in [6.07, 6.45) is 0. The fraction of sp³-hybridized carbons (Fsp3) is 0.167. The van der Waals surface area contributed by atoms with E-state index in [1.165, 1.54) is 18.7 Å². The van der Waals surface area contributed by atoms with Crippen molar-refractivity contribution in [3.8, 4) is 5.69 Å². The predicted molar refractivity (Wildman–Crippen MR) is 79.2 cm³/mol. The lowest BCUT2D eigenvalue weighted by atomic mass is 10.3. The molecule has 2 rings (SSSR count). The van der Waals surface area contributed by atoms with Crippen molar-refractivity contribution in [2.75, 3.05) is 11.1 Å². The maximum atomic E-state index is 11.1. The zero-order valence-electron chi connectivity index (χ0n) is 10.7. The standard InChI is InChI=1S/C12H12ClN5OS/c1-8(13)7-20-12-15-16-17-18(12)11-5-3-4-10(6-11)14-9(2)19/h3-6H,1,7H2,2H3,(H,14,19). The summed E-state index contributed by atoms with van der Waals surface area (Å²) in [6, 6.07) is 7.25. The molecule has 6 nitrogen and oxygen atoms in total. The van der Waals surface area contributed by atoms with Gasteiger partial charge in [0.25, 0.3) is 0 Å². The molecule has 0 atom stereocenters. The van der Waals surface area contributed by atoms with E-state index in [2.05, 4.69) is 27.4 Å². The normalized spacial score (nSPS) is 10.3. The van der Waals surface area contributed by atoms with E-state index < -0.39 is 0 Å². The summed E-state index contributed by atoms with van der Waals surface area (Å²) in [4.78, 5) is 11.1. The first kappa shape index (κ1) is 14.5. The van der Waals surface area contributed by atoms with Crippen LogP contribution in [-0.4, -0.2) is 31.9 Å². The van der Waals surface area contributed by atoms with Gasteiger partial charge in [0.15, 0.2) is 0 Å². The Morgan fingerprint density at radius 2 is 2.35 bits per heavy atom. The molecule has 0 unspecified atom stereocenters. The van der Waals surface area contributed by atoms with Gasteiger partial charge < -0.3 is 5.32 Å². The number of benzene rings is 1. The van der Waals surface area contributed by atoms with Crippen molar-refractivity contribution >= 4 is 35.0 Å². The smallest absolute Gasteiger partial charge is 0.221 e. The minimum Gasteiger partial charge on any atom is -0.326 e. The lowest BCUT2D eigenvalue weighted by Crippen LogP contribution is -2.07. The molecule has 104 valence electrons. The summed E-state index contributed by atoms with van der Waals surface area (Å²) in [5, 5.41) is 15.4. The fourth-order valence-corrected chi connectivity index (χ4v) is 2.30. The first-order chi connectivity index (χ1) is 9.56. The van der Waals surface area contributed by atoms with Crippen LogP contribution in [0.4, 0.5) is 5.69 Å². The molecular weight excluding hydrogens is 298 g/mol. The molecule has 1 N–H and O–H groups in total. The second-order valence-corrected chi connectivity index (χ2v) is 5.39. The number of amides is 1. The third-order valence-corrected chi connectivity index (χ3v) is 3.51. The number of thioether (sulfide) groups is 1. The molecule has 0 saturated heterocycles. The number of nitrogens with one attached hydrogen (secondary N) is 1. The Hall–Kier alpha value is -1.86. The van der Waals surface area contributed by atoms with Crippen molar-refractivity contribution < 1.29 is 4.79 Å². The number of carbonyl (C=O) groups excluding carboxylic acids is 1. The van der Waals surface area contributed by atoms with E-state index in [-0.39, 0.29) is 5.91 Å². The molecule has 1 heterocycles. The highest BCUT2D eigenvalue weighted by atomic mass is 35.5. The molecule has 1 amide bonds. The molecule has 0 aliphatic carbocycles. The van der Waals surface area contributed by atoms with E-state index in [4.69, 9.17) is 11.6 Å². The van der Waals surface area contributed by atoms with Gasteiger partial charge in [-0.15, -0.1) is 5.10 Å². The fourth-order valence-electron chi connectivity index (χ4n) is 1.49. The number of tetrazole rings is 1. The van der Waals surface area contributed by atoms with E-state index in [0.29, 0.717) is 21.6 Å². The highest BCUT2D eigenvalue weighted by Crippen LogP contribution is 2.22. The third-order valence-electron chi connectivity index (χ3n) is 2.21. The number of rotatable bonds is 5. The molecular formula is C12H12ClN5OS. The van der Waals surface area contributed by atoms with Crippen molar-refractivity contribution in [1.82, 2.24) is 20.2 Å². The van der Waals surface area contributed by atoms with Gasteiger partial charge >= 0.3 is 0 Å². The van der Waals surface area contributed by atoms with Crippen LogP contribution in [0.2, 0.25) is 0 Å². The zero-order chi connectivity index (χ0) is 14.5. The Labute approximate surface area is 125 Å². The van der Waals surface area contributed by atoms with Crippen LogP contribution in [0.5, 0.6) is 0 Å². The van der Waals surface area contributed by atoms with Gasteiger partial charge in [-0.1, -0.05) is 36.0 Å². The van der Waals surface area contributed by atoms with Gasteiger partial charge in [-0.2, -0.15) is 4.68 Å². The van der Waals surface area contributed by atoms with Gasteiger partial charge in [0, 0.05) is 23.4 Å². The van der Waals surface area contributed by atoms with Crippen molar-refractivity contribution in [3.05, 3.63) is 35.9 Å². The van der Waals surface area contributed by atoms with Gasteiger partial charge in [0.05, 0.1) is 5.69 Å². The second-order valence-electron chi connectivity index (χ2n) is 3.91. The monoisotopic (exact) mass is 309 g/mol. The van der Waals surface area contributed by atoms with Crippen LogP contribution in [0.1, 0.15) is 6.92 Å². The minimum atomic E-state index is -0.132. The molecule has 1 aromatic carbocycles. The Bertz CT molecular complexity index is 642. The number of hydrogen-bond donors (Lipinski definition) is 1. The largest absolute Gasteiger partial charge is 0.326 e. The van der Waals surface area contributed by atoms with Crippen molar-refractivity contribution in [2.45, 2.75) is 12.1 Å².